The summed E-state index contributed by atoms with van der Waals surface area (Å²) >= 11 is 1.73. The molecule has 0 saturated carbocycles. The fraction of sp³-hybridized carbons (Fsp3) is 0.538. The molecule has 1 unspecified atom stereocenters. The number of ether oxygens (including phenoxy) is 1. The Morgan fingerprint density at radius 2 is 1.81 bits per heavy atom. The smallest absolute Gasteiger partial charge is 0.120 e. The van der Waals surface area contributed by atoms with Gasteiger partial charge in [0.25, 0.3) is 0 Å². The minimum atomic E-state index is -0.374. The molecule has 0 N–H and O–H groups in total. The molecular formula is C26H34N4OS. The summed E-state index contributed by atoms with van der Waals surface area (Å²) in [6, 6.07) is 14.4. The van der Waals surface area contributed by atoms with Crippen LogP contribution in [0.2, 0.25) is 0 Å². The van der Waals surface area contributed by atoms with Gasteiger partial charge in [-0.05, 0) is 67.4 Å². The highest BCUT2D eigenvalue weighted by molar-refractivity contribution is 7.10. The lowest BCUT2D eigenvalue weighted by Gasteiger charge is -2.35. The van der Waals surface area contributed by atoms with E-state index in [-0.39, 0.29) is 5.41 Å². The van der Waals surface area contributed by atoms with Crippen molar-refractivity contribution in [1.29, 1.82) is 10.5 Å². The standard InChI is InChI=1S/C26H34N4OS/c1-21(2)26(20-28,25-16-22(3)19-32-25)8-5-9-29-10-12-30(13-11-29)14-15-31-24-7-4-6-23(17-24)18-27/h4,6-7,16-17,19,21H,5,8-15H2,1-3H3. The highest BCUT2D eigenvalue weighted by Gasteiger charge is 2.37. The van der Waals surface area contributed by atoms with Crippen molar-refractivity contribution in [3.8, 4) is 17.9 Å². The molecule has 5 nitrogen and oxygen atoms in total. The highest BCUT2D eigenvalue weighted by atomic mass is 32.1. The molecule has 2 heterocycles. The van der Waals surface area contributed by atoms with Gasteiger partial charge in [-0.3, -0.25) is 4.90 Å². The Hall–Kier alpha value is -2.38. The molecule has 1 fully saturated rings. The van der Waals surface area contributed by atoms with Crippen molar-refractivity contribution in [2.45, 2.75) is 39.0 Å². The largest absolute Gasteiger partial charge is 0.492 e. The Morgan fingerprint density at radius 3 is 2.41 bits per heavy atom. The van der Waals surface area contributed by atoms with Gasteiger partial charge in [-0.25, -0.2) is 0 Å². The van der Waals surface area contributed by atoms with Gasteiger partial charge in [-0.15, -0.1) is 11.3 Å². The molecule has 1 saturated heterocycles. The fourth-order valence-corrected chi connectivity index (χ4v) is 5.60. The van der Waals surface area contributed by atoms with Crippen molar-refractivity contribution < 1.29 is 4.74 Å². The molecular weight excluding hydrogens is 416 g/mol. The highest BCUT2D eigenvalue weighted by Crippen LogP contribution is 2.39. The van der Waals surface area contributed by atoms with Gasteiger partial charge in [0.15, 0.2) is 0 Å². The van der Waals surface area contributed by atoms with Crippen LogP contribution >= 0.6 is 11.3 Å². The monoisotopic (exact) mass is 450 g/mol. The van der Waals surface area contributed by atoms with Gasteiger partial charge in [0.2, 0.25) is 0 Å². The maximum absolute atomic E-state index is 10.1. The lowest BCUT2D eigenvalue weighted by atomic mass is 9.73. The van der Waals surface area contributed by atoms with Crippen LogP contribution in [0.4, 0.5) is 0 Å². The maximum Gasteiger partial charge on any atom is 0.120 e. The van der Waals surface area contributed by atoms with E-state index in [1.54, 1.807) is 23.5 Å². The number of rotatable bonds is 10. The molecule has 0 spiro atoms. The van der Waals surface area contributed by atoms with Crippen molar-refractivity contribution in [2.24, 2.45) is 5.92 Å². The van der Waals surface area contributed by atoms with Gasteiger partial charge in [-0.1, -0.05) is 19.9 Å². The molecule has 0 bridgehead atoms. The first-order valence-electron chi connectivity index (χ1n) is 11.5. The summed E-state index contributed by atoms with van der Waals surface area (Å²) in [5.41, 5.74) is 1.51. The fourth-order valence-electron chi connectivity index (χ4n) is 4.37. The summed E-state index contributed by atoms with van der Waals surface area (Å²) in [4.78, 5) is 6.18. The molecule has 32 heavy (non-hydrogen) atoms. The van der Waals surface area contributed by atoms with Crippen LogP contribution in [0, 0.1) is 35.5 Å². The summed E-state index contributed by atoms with van der Waals surface area (Å²) in [7, 11) is 0. The summed E-state index contributed by atoms with van der Waals surface area (Å²) in [6.45, 7) is 13.2. The van der Waals surface area contributed by atoms with E-state index in [4.69, 9.17) is 10.00 Å². The Kier molecular flexibility index (Phi) is 8.70. The lowest BCUT2D eigenvalue weighted by Crippen LogP contribution is -2.47. The summed E-state index contributed by atoms with van der Waals surface area (Å²) in [6.07, 6.45) is 1.96. The molecule has 1 aliphatic rings. The minimum Gasteiger partial charge on any atom is -0.492 e. The summed E-state index contributed by atoms with van der Waals surface area (Å²) in [5, 5.41) is 21.2. The Balaban J connectivity index is 1.40. The number of piperazine rings is 1. The van der Waals surface area contributed by atoms with Crippen LogP contribution < -0.4 is 4.74 Å². The number of nitriles is 2. The number of thiophene rings is 1. The van der Waals surface area contributed by atoms with E-state index in [0.717, 1.165) is 57.9 Å². The van der Waals surface area contributed by atoms with E-state index in [2.05, 4.69) is 54.2 Å². The normalized spacial score (nSPS) is 16.9. The van der Waals surface area contributed by atoms with E-state index >= 15 is 0 Å². The minimum absolute atomic E-state index is 0.302. The molecule has 0 radical (unpaired) electrons. The van der Waals surface area contributed by atoms with Crippen molar-refractivity contribution in [1.82, 2.24) is 9.80 Å². The predicted molar refractivity (Wildman–Crippen MR) is 130 cm³/mol. The molecule has 1 atom stereocenters. The summed E-state index contributed by atoms with van der Waals surface area (Å²) in [5.74, 6) is 1.06. The second-order valence-electron chi connectivity index (χ2n) is 9.00. The number of benzene rings is 1. The number of hydrogen-bond donors (Lipinski definition) is 0. The Labute approximate surface area is 196 Å². The van der Waals surface area contributed by atoms with Gasteiger partial charge in [0.05, 0.1) is 23.1 Å². The molecule has 6 heteroatoms. The molecule has 1 aromatic heterocycles. The zero-order valence-corrected chi connectivity index (χ0v) is 20.3. The van der Waals surface area contributed by atoms with E-state index in [0.29, 0.717) is 18.1 Å². The quantitative estimate of drug-likeness (QED) is 0.519. The van der Waals surface area contributed by atoms with Crippen LogP contribution in [0.15, 0.2) is 35.7 Å². The lowest BCUT2D eigenvalue weighted by molar-refractivity contribution is 0.114. The SMILES string of the molecule is Cc1csc(C(C#N)(CCCN2CCN(CCOc3cccc(C#N)c3)CC2)C(C)C)c1. The second kappa shape index (κ2) is 11.5. The molecule has 0 aliphatic carbocycles. The van der Waals surface area contributed by atoms with E-state index in [9.17, 15) is 5.26 Å². The maximum atomic E-state index is 10.1. The molecule has 170 valence electrons. The van der Waals surface area contributed by atoms with Gasteiger partial charge < -0.3 is 9.64 Å². The zero-order chi connectivity index (χ0) is 23.0. The zero-order valence-electron chi connectivity index (χ0n) is 19.5. The van der Waals surface area contributed by atoms with Crippen LogP contribution in [0.3, 0.4) is 0 Å². The Morgan fingerprint density at radius 1 is 1.09 bits per heavy atom. The molecule has 2 aromatic rings. The third-order valence-electron chi connectivity index (χ3n) is 6.51. The van der Waals surface area contributed by atoms with Gasteiger partial charge in [0.1, 0.15) is 12.4 Å². The van der Waals surface area contributed by atoms with Crippen LogP contribution in [0.5, 0.6) is 5.75 Å². The van der Waals surface area contributed by atoms with Crippen molar-refractivity contribution in [2.75, 3.05) is 45.9 Å². The number of hydrogen-bond acceptors (Lipinski definition) is 6. The van der Waals surface area contributed by atoms with Crippen LogP contribution in [-0.4, -0.2) is 55.7 Å². The first kappa shape index (κ1) is 24.3. The van der Waals surface area contributed by atoms with E-state index in [1.165, 1.54) is 10.4 Å². The van der Waals surface area contributed by atoms with Crippen molar-refractivity contribution in [3.05, 3.63) is 51.7 Å². The van der Waals surface area contributed by atoms with E-state index < -0.39 is 0 Å². The average Bonchev–Trinajstić information content (AvgIpc) is 3.24. The molecule has 0 amide bonds. The van der Waals surface area contributed by atoms with E-state index in [1.807, 2.05) is 12.1 Å². The molecule has 3 rings (SSSR count). The van der Waals surface area contributed by atoms with Gasteiger partial charge in [0, 0.05) is 37.6 Å². The topological polar surface area (TPSA) is 63.3 Å². The first-order chi connectivity index (χ1) is 15.5. The van der Waals surface area contributed by atoms with Crippen LogP contribution in [0.1, 0.15) is 42.7 Å². The average molecular weight is 451 g/mol. The van der Waals surface area contributed by atoms with Crippen LogP contribution in [0.25, 0.3) is 0 Å². The van der Waals surface area contributed by atoms with Crippen molar-refractivity contribution >= 4 is 11.3 Å². The van der Waals surface area contributed by atoms with Gasteiger partial charge in [-0.2, -0.15) is 10.5 Å². The third kappa shape index (κ3) is 6.11. The molecule has 1 aliphatic heterocycles. The van der Waals surface area contributed by atoms with Crippen molar-refractivity contribution in [3.63, 3.8) is 0 Å². The third-order valence-corrected chi connectivity index (χ3v) is 7.73. The number of aryl methyl sites for hydroxylation is 1. The molecule has 1 aromatic carbocycles. The first-order valence-corrected chi connectivity index (χ1v) is 12.4. The number of nitrogens with zero attached hydrogens (tertiary/aromatic N) is 4. The summed E-state index contributed by atoms with van der Waals surface area (Å²) < 4.78 is 5.82. The van der Waals surface area contributed by atoms with Crippen LogP contribution in [-0.2, 0) is 5.41 Å². The van der Waals surface area contributed by atoms with Gasteiger partial charge >= 0.3 is 0 Å². The second-order valence-corrected chi connectivity index (χ2v) is 9.91. The Bertz CT molecular complexity index is 949. The predicted octanol–water partition coefficient (Wildman–Crippen LogP) is 4.82.